The zero-order valence-electron chi connectivity index (χ0n) is 6.48. The summed E-state index contributed by atoms with van der Waals surface area (Å²) in [7, 11) is 0. The van der Waals surface area contributed by atoms with Crippen molar-refractivity contribution in [3.63, 3.8) is 0 Å². The highest BCUT2D eigenvalue weighted by atomic mass is 16.3. The molecule has 1 N–H and O–H groups in total. The van der Waals surface area contributed by atoms with Crippen LogP contribution in [0.15, 0.2) is 16.9 Å². The van der Waals surface area contributed by atoms with Gasteiger partial charge >= 0.3 is 0 Å². The van der Waals surface area contributed by atoms with Gasteiger partial charge < -0.3 is 5.11 Å². The molecule has 0 amide bonds. The van der Waals surface area contributed by atoms with Gasteiger partial charge in [0.1, 0.15) is 0 Å². The lowest BCUT2D eigenvalue weighted by molar-refractivity contribution is 0.331. The van der Waals surface area contributed by atoms with Crippen LogP contribution >= 0.6 is 0 Å². The molecule has 10 heavy (non-hydrogen) atoms. The van der Waals surface area contributed by atoms with Crippen molar-refractivity contribution in [1.29, 1.82) is 0 Å². The molecule has 0 unspecified atom stereocenters. The molecule has 0 aromatic heterocycles. The number of aliphatic hydroxyl groups excluding tert-OH is 1. The highest BCUT2D eigenvalue weighted by Crippen LogP contribution is 2.22. The molecule has 1 aliphatic rings. The van der Waals surface area contributed by atoms with Gasteiger partial charge in [-0.2, -0.15) is 0 Å². The van der Waals surface area contributed by atoms with Crippen molar-refractivity contribution in [2.75, 3.05) is 6.61 Å². The summed E-state index contributed by atoms with van der Waals surface area (Å²) in [6.45, 7) is 2.08. The summed E-state index contributed by atoms with van der Waals surface area (Å²) in [6, 6.07) is 0. The van der Waals surface area contributed by atoms with Crippen LogP contribution in [0.4, 0.5) is 0 Å². The van der Waals surface area contributed by atoms with E-state index < -0.39 is 0 Å². The van der Waals surface area contributed by atoms with Gasteiger partial charge in [-0.1, -0.05) is 0 Å². The zero-order chi connectivity index (χ0) is 7.40. The Morgan fingerprint density at radius 1 is 1.50 bits per heavy atom. The van der Waals surface area contributed by atoms with E-state index in [1.165, 1.54) is 31.3 Å². The van der Waals surface area contributed by atoms with E-state index >= 15 is 0 Å². The first-order chi connectivity index (χ1) is 4.83. The van der Waals surface area contributed by atoms with Crippen molar-refractivity contribution in [2.45, 2.75) is 32.6 Å². The lowest BCUT2D eigenvalue weighted by Gasteiger charge is -1.89. The monoisotopic (exact) mass is 138 g/mol. The Labute approximate surface area is 62.1 Å². The topological polar surface area (TPSA) is 20.2 Å². The van der Waals surface area contributed by atoms with Gasteiger partial charge in [0.05, 0.1) is 6.61 Å². The van der Waals surface area contributed by atoms with E-state index in [0.717, 1.165) is 5.57 Å². The summed E-state index contributed by atoms with van der Waals surface area (Å²) in [5.41, 5.74) is 5.58. The summed E-state index contributed by atoms with van der Waals surface area (Å²) in [4.78, 5) is 0. The first kappa shape index (κ1) is 7.59. The van der Waals surface area contributed by atoms with Crippen LogP contribution in [0.1, 0.15) is 32.6 Å². The SMILES string of the molecule is CC(=C=C1CCCC1)CO. The van der Waals surface area contributed by atoms with E-state index in [-0.39, 0.29) is 6.61 Å². The summed E-state index contributed by atoms with van der Waals surface area (Å²) in [6.07, 6.45) is 5.00. The predicted molar refractivity (Wildman–Crippen MR) is 41.8 cm³/mol. The number of rotatable bonds is 1. The molecular formula is C9H14O. The minimum Gasteiger partial charge on any atom is -0.391 e. The van der Waals surface area contributed by atoms with Crippen LogP contribution in [-0.2, 0) is 0 Å². The third kappa shape index (κ3) is 2.02. The maximum Gasteiger partial charge on any atom is 0.0713 e. The van der Waals surface area contributed by atoms with Crippen LogP contribution in [0, 0.1) is 0 Å². The number of hydrogen-bond acceptors (Lipinski definition) is 1. The van der Waals surface area contributed by atoms with Gasteiger partial charge in [-0.25, -0.2) is 0 Å². The lowest BCUT2D eigenvalue weighted by atomic mass is 10.2. The quantitative estimate of drug-likeness (QED) is 0.550. The fourth-order valence-electron chi connectivity index (χ4n) is 1.27. The summed E-state index contributed by atoms with van der Waals surface area (Å²) < 4.78 is 0. The first-order valence-corrected chi connectivity index (χ1v) is 3.88. The standard InChI is InChI=1S/C9H14O/c1-8(7-10)6-9-4-2-3-5-9/h10H,2-5,7H2,1H3. The molecule has 1 saturated carbocycles. The van der Waals surface area contributed by atoms with Crippen molar-refractivity contribution in [3.8, 4) is 0 Å². The largest absolute Gasteiger partial charge is 0.391 e. The summed E-state index contributed by atoms with van der Waals surface area (Å²) >= 11 is 0. The van der Waals surface area contributed by atoms with Crippen LogP contribution in [-0.4, -0.2) is 11.7 Å². The molecule has 0 radical (unpaired) electrons. The molecule has 1 fully saturated rings. The van der Waals surface area contributed by atoms with Gasteiger partial charge in [-0.15, -0.1) is 5.73 Å². The van der Waals surface area contributed by atoms with Crippen LogP contribution in [0.2, 0.25) is 0 Å². The average molecular weight is 138 g/mol. The Morgan fingerprint density at radius 2 is 2.10 bits per heavy atom. The lowest BCUT2D eigenvalue weighted by Crippen LogP contribution is -1.81. The second kappa shape index (κ2) is 3.60. The molecule has 0 aromatic rings. The second-order valence-corrected chi connectivity index (χ2v) is 2.87. The van der Waals surface area contributed by atoms with Crippen LogP contribution < -0.4 is 0 Å². The molecule has 0 aromatic carbocycles. The molecule has 1 heteroatoms. The van der Waals surface area contributed by atoms with Gasteiger partial charge in [0.15, 0.2) is 0 Å². The molecule has 1 aliphatic carbocycles. The maximum absolute atomic E-state index is 8.68. The van der Waals surface area contributed by atoms with Crippen molar-refractivity contribution >= 4 is 0 Å². The third-order valence-electron chi connectivity index (χ3n) is 1.83. The predicted octanol–water partition coefficient (Wildman–Crippen LogP) is 2.02. The van der Waals surface area contributed by atoms with Crippen molar-refractivity contribution in [3.05, 3.63) is 16.9 Å². The molecule has 0 spiro atoms. The highest BCUT2D eigenvalue weighted by Gasteiger charge is 2.04. The van der Waals surface area contributed by atoms with E-state index in [4.69, 9.17) is 5.11 Å². The Balaban J connectivity index is 2.67. The third-order valence-corrected chi connectivity index (χ3v) is 1.83. The molecule has 0 bridgehead atoms. The van der Waals surface area contributed by atoms with E-state index in [0.29, 0.717) is 0 Å². The van der Waals surface area contributed by atoms with Crippen molar-refractivity contribution in [1.82, 2.24) is 0 Å². The van der Waals surface area contributed by atoms with Crippen molar-refractivity contribution in [2.24, 2.45) is 0 Å². The fraction of sp³-hybridized carbons (Fsp3) is 0.667. The second-order valence-electron chi connectivity index (χ2n) is 2.87. The highest BCUT2D eigenvalue weighted by molar-refractivity contribution is 5.10. The van der Waals surface area contributed by atoms with Crippen LogP contribution in [0.25, 0.3) is 0 Å². The Morgan fingerprint density at radius 3 is 2.60 bits per heavy atom. The van der Waals surface area contributed by atoms with E-state index in [2.05, 4.69) is 5.73 Å². The zero-order valence-corrected chi connectivity index (χ0v) is 6.48. The Kier molecular flexibility index (Phi) is 2.73. The molecule has 0 heterocycles. The molecule has 56 valence electrons. The Bertz CT molecular complexity index is 165. The van der Waals surface area contributed by atoms with E-state index in [9.17, 15) is 0 Å². The van der Waals surface area contributed by atoms with Gasteiger partial charge in [0.25, 0.3) is 0 Å². The summed E-state index contributed by atoms with van der Waals surface area (Å²) in [5.74, 6) is 0. The maximum atomic E-state index is 8.68. The fourth-order valence-corrected chi connectivity index (χ4v) is 1.27. The van der Waals surface area contributed by atoms with Gasteiger partial charge in [-0.05, 0) is 43.8 Å². The minimum absolute atomic E-state index is 0.156. The summed E-state index contributed by atoms with van der Waals surface area (Å²) in [5, 5.41) is 8.68. The minimum atomic E-state index is 0.156. The molecule has 1 rings (SSSR count). The van der Waals surface area contributed by atoms with Crippen molar-refractivity contribution < 1.29 is 5.11 Å². The normalized spacial score (nSPS) is 17.2. The van der Waals surface area contributed by atoms with E-state index in [1.54, 1.807) is 0 Å². The molecule has 1 nitrogen and oxygen atoms in total. The Hall–Kier alpha value is -0.520. The van der Waals surface area contributed by atoms with Crippen LogP contribution in [0.5, 0.6) is 0 Å². The molecule has 0 saturated heterocycles. The number of aliphatic hydroxyl groups is 1. The smallest absolute Gasteiger partial charge is 0.0713 e. The van der Waals surface area contributed by atoms with Gasteiger partial charge in [-0.3, -0.25) is 0 Å². The average Bonchev–Trinajstić information content (AvgIpc) is 2.40. The number of hydrogen-bond donors (Lipinski definition) is 1. The van der Waals surface area contributed by atoms with E-state index in [1.807, 2.05) is 6.92 Å². The van der Waals surface area contributed by atoms with Crippen LogP contribution in [0.3, 0.4) is 0 Å². The molecule has 0 atom stereocenters. The molecular weight excluding hydrogens is 124 g/mol. The molecule has 0 aliphatic heterocycles. The first-order valence-electron chi connectivity index (χ1n) is 3.88. The van der Waals surface area contributed by atoms with Gasteiger partial charge in [0, 0.05) is 0 Å². The van der Waals surface area contributed by atoms with Gasteiger partial charge in [0.2, 0.25) is 0 Å².